The lowest BCUT2D eigenvalue weighted by molar-refractivity contribution is 0.603. The summed E-state index contributed by atoms with van der Waals surface area (Å²) in [6.07, 6.45) is 1.41. The van der Waals surface area contributed by atoms with Gasteiger partial charge in [0.1, 0.15) is 6.07 Å². The monoisotopic (exact) mass is 323 g/mol. The number of nitriles is 1. The average molecular weight is 324 g/mol. The fourth-order valence-corrected chi connectivity index (χ4v) is 3.76. The van der Waals surface area contributed by atoms with Crippen LogP contribution in [0.2, 0.25) is 5.02 Å². The first-order chi connectivity index (χ1) is 9.45. The van der Waals surface area contributed by atoms with Gasteiger partial charge in [-0.2, -0.15) is 5.26 Å². The molecule has 0 aliphatic carbocycles. The summed E-state index contributed by atoms with van der Waals surface area (Å²) in [6, 6.07) is 9.40. The minimum absolute atomic E-state index is 0.0592. The number of benzene rings is 1. The largest absolute Gasteiger partial charge is 0.218 e. The molecule has 1 aromatic heterocycles. The molecule has 102 valence electrons. The third kappa shape index (κ3) is 2.93. The molecule has 0 fully saturated rings. The topological polar surface area (TPSA) is 57.9 Å². The van der Waals surface area contributed by atoms with Gasteiger partial charge in [-0.25, -0.2) is 8.42 Å². The van der Waals surface area contributed by atoms with Crippen LogP contribution in [0, 0.1) is 18.3 Å². The number of hydrogen-bond acceptors (Lipinski definition) is 4. The molecule has 2 aromatic rings. The van der Waals surface area contributed by atoms with Gasteiger partial charge in [0.05, 0.1) is 4.90 Å². The summed E-state index contributed by atoms with van der Waals surface area (Å²) in [5, 5.41) is 11.4. The quantitative estimate of drug-likeness (QED) is 0.801. The van der Waals surface area contributed by atoms with E-state index in [0.29, 0.717) is 5.02 Å². The van der Waals surface area contributed by atoms with Crippen molar-refractivity contribution in [1.29, 1.82) is 5.26 Å². The fourth-order valence-electron chi connectivity index (χ4n) is 1.56. The van der Waals surface area contributed by atoms with Gasteiger partial charge in [-0.15, -0.1) is 11.3 Å². The van der Waals surface area contributed by atoms with Gasteiger partial charge in [-0.05, 0) is 54.3 Å². The van der Waals surface area contributed by atoms with Gasteiger partial charge in [0.15, 0.2) is 4.91 Å². The average Bonchev–Trinajstić information content (AvgIpc) is 2.81. The van der Waals surface area contributed by atoms with Crippen molar-refractivity contribution in [3.8, 4) is 6.07 Å². The number of thiophene rings is 1. The van der Waals surface area contributed by atoms with Crippen molar-refractivity contribution in [3.63, 3.8) is 0 Å². The molecule has 1 heterocycles. The summed E-state index contributed by atoms with van der Waals surface area (Å²) in [7, 11) is -3.81. The second-order valence-electron chi connectivity index (χ2n) is 4.05. The molecule has 0 atom stereocenters. The highest BCUT2D eigenvalue weighted by atomic mass is 35.5. The number of rotatable bonds is 3. The Balaban J connectivity index is 2.52. The molecule has 0 unspecified atom stereocenters. The van der Waals surface area contributed by atoms with Crippen molar-refractivity contribution in [1.82, 2.24) is 0 Å². The van der Waals surface area contributed by atoms with E-state index in [9.17, 15) is 8.42 Å². The number of nitrogens with zero attached hydrogens (tertiary/aromatic N) is 1. The van der Waals surface area contributed by atoms with Crippen molar-refractivity contribution in [3.05, 3.63) is 56.1 Å². The highest BCUT2D eigenvalue weighted by molar-refractivity contribution is 7.95. The molecule has 1 aromatic carbocycles. The van der Waals surface area contributed by atoms with Gasteiger partial charge in [-0.3, -0.25) is 0 Å². The number of aryl methyl sites for hydroxylation is 1. The summed E-state index contributed by atoms with van der Waals surface area (Å²) in [5.74, 6) is 0. The van der Waals surface area contributed by atoms with Crippen LogP contribution in [0.4, 0.5) is 0 Å². The van der Waals surface area contributed by atoms with E-state index in [1.54, 1.807) is 6.07 Å². The Hall–Kier alpha value is -1.61. The third-order valence-electron chi connectivity index (χ3n) is 2.69. The van der Waals surface area contributed by atoms with Crippen molar-refractivity contribution in [2.24, 2.45) is 0 Å². The predicted octanol–water partition coefficient (Wildman–Crippen LogP) is 4.05. The summed E-state index contributed by atoms with van der Waals surface area (Å²) >= 11 is 7.13. The molecular weight excluding hydrogens is 314 g/mol. The molecule has 0 radical (unpaired) electrons. The Morgan fingerprint density at radius 1 is 1.30 bits per heavy atom. The first-order valence-corrected chi connectivity index (χ1v) is 8.36. The highest BCUT2D eigenvalue weighted by Gasteiger charge is 2.21. The Bertz CT molecular complexity index is 796. The van der Waals surface area contributed by atoms with Gasteiger partial charge in [0, 0.05) is 9.90 Å². The zero-order chi connectivity index (χ0) is 14.8. The van der Waals surface area contributed by atoms with E-state index in [0.717, 1.165) is 10.4 Å². The maximum absolute atomic E-state index is 12.4. The van der Waals surface area contributed by atoms with Crippen LogP contribution in [-0.2, 0) is 9.84 Å². The van der Waals surface area contributed by atoms with Crippen molar-refractivity contribution in [2.45, 2.75) is 11.8 Å². The normalized spacial score (nSPS) is 12.2. The van der Waals surface area contributed by atoms with E-state index in [1.165, 1.54) is 41.7 Å². The lowest BCUT2D eigenvalue weighted by Gasteiger charge is -2.03. The minimum atomic E-state index is -3.81. The molecule has 2 rings (SSSR count). The first kappa shape index (κ1) is 14.8. The molecule has 0 bridgehead atoms. The summed E-state index contributed by atoms with van der Waals surface area (Å²) < 4.78 is 24.8. The highest BCUT2D eigenvalue weighted by Crippen LogP contribution is 2.25. The van der Waals surface area contributed by atoms with Crippen LogP contribution >= 0.6 is 22.9 Å². The SMILES string of the molecule is Cc1ccsc1C=C(C#N)S(=O)(=O)c1ccc(Cl)cc1. The Morgan fingerprint density at radius 3 is 2.45 bits per heavy atom. The van der Waals surface area contributed by atoms with E-state index in [-0.39, 0.29) is 9.80 Å². The molecule has 0 aliphatic rings. The Kier molecular flexibility index (Phi) is 4.29. The lowest BCUT2D eigenvalue weighted by atomic mass is 10.3. The van der Waals surface area contributed by atoms with E-state index >= 15 is 0 Å². The third-order valence-corrected chi connectivity index (χ3v) is 5.59. The minimum Gasteiger partial charge on any atom is -0.218 e. The van der Waals surface area contributed by atoms with E-state index in [4.69, 9.17) is 16.9 Å². The van der Waals surface area contributed by atoms with Gasteiger partial charge in [0.2, 0.25) is 9.84 Å². The Labute approximate surface area is 126 Å². The maximum atomic E-state index is 12.4. The number of sulfone groups is 1. The van der Waals surface area contributed by atoms with Gasteiger partial charge < -0.3 is 0 Å². The molecule has 0 saturated carbocycles. The van der Waals surface area contributed by atoms with Crippen LogP contribution in [0.1, 0.15) is 10.4 Å². The van der Waals surface area contributed by atoms with Gasteiger partial charge in [0.25, 0.3) is 0 Å². The molecule has 20 heavy (non-hydrogen) atoms. The van der Waals surface area contributed by atoms with Crippen LogP contribution < -0.4 is 0 Å². The number of halogens is 1. The van der Waals surface area contributed by atoms with Crippen molar-refractivity contribution >= 4 is 38.9 Å². The molecule has 0 aliphatic heterocycles. The van der Waals surface area contributed by atoms with E-state index < -0.39 is 9.84 Å². The van der Waals surface area contributed by atoms with Gasteiger partial charge in [-0.1, -0.05) is 11.6 Å². The van der Waals surface area contributed by atoms with Crippen molar-refractivity contribution < 1.29 is 8.42 Å². The van der Waals surface area contributed by atoms with Gasteiger partial charge >= 0.3 is 0 Å². The van der Waals surface area contributed by atoms with E-state index in [1.807, 2.05) is 18.4 Å². The fraction of sp³-hybridized carbons (Fsp3) is 0.0714. The summed E-state index contributed by atoms with van der Waals surface area (Å²) in [5.41, 5.74) is 0.939. The van der Waals surface area contributed by atoms with Crippen LogP contribution in [0.3, 0.4) is 0 Å². The second-order valence-corrected chi connectivity index (χ2v) is 7.35. The lowest BCUT2D eigenvalue weighted by Crippen LogP contribution is -2.03. The maximum Gasteiger partial charge on any atom is 0.216 e. The molecule has 0 amide bonds. The van der Waals surface area contributed by atoms with Crippen molar-refractivity contribution in [2.75, 3.05) is 0 Å². The molecule has 3 nitrogen and oxygen atoms in total. The van der Waals surface area contributed by atoms with Crippen LogP contribution in [0.25, 0.3) is 6.08 Å². The molecule has 0 spiro atoms. The zero-order valence-corrected chi connectivity index (χ0v) is 12.9. The van der Waals surface area contributed by atoms with Crippen LogP contribution in [-0.4, -0.2) is 8.42 Å². The predicted molar refractivity (Wildman–Crippen MR) is 81.3 cm³/mol. The van der Waals surface area contributed by atoms with E-state index in [2.05, 4.69) is 0 Å². The van der Waals surface area contributed by atoms with Crippen LogP contribution in [0.5, 0.6) is 0 Å². The molecule has 6 heteroatoms. The zero-order valence-electron chi connectivity index (χ0n) is 10.5. The summed E-state index contributed by atoms with van der Waals surface area (Å²) in [4.78, 5) is 0.549. The standard InChI is InChI=1S/C14H10ClNO2S2/c1-10-6-7-19-14(10)8-13(9-16)20(17,18)12-4-2-11(15)3-5-12/h2-8H,1H3. The number of hydrogen-bond donors (Lipinski definition) is 0. The molecular formula is C14H10ClNO2S2. The van der Waals surface area contributed by atoms with Crippen LogP contribution in [0.15, 0.2) is 45.5 Å². The smallest absolute Gasteiger partial charge is 0.216 e. The number of allylic oxidation sites excluding steroid dienone is 1. The molecule has 0 saturated heterocycles. The Morgan fingerprint density at radius 2 is 1.95 bits per heavy atom. The second kappa shape index (κ2) is 5.80. The first-order valence-electron chi connectivity index (χ1n) is 5.61. The molecule has 0 N–H and O–H groups in total. The summed E-state index contributed by atoms with van der Waals surface area (Å²) in [6.45, 7) is 1.87.